The number of hydrogen-bond acceptors (Lipinski definition) is 4. The minimum absolute atomic E-state index is 0.0338. The molecule has 2 N–H and O–H groups in total. The average molecular weight is 700 g/mol. The fourth-order valence-electron chi connectivity index (χ4n) is 3.15. The SMILES string of the molecule is O=C(COc1c(I)cc(/C=C2/C(=O)NN(c3ccccc3)C2=O)cc1I)Nc1ccc(Cl)cc1. The van der Waals surface area contributed by atoms with E-state index in [2.05, 4.69) is 55.9 Å². The number of nitrogens with zero attached hydrogens (tertiary/aromatic N) is 1. The van der Waals surface area contributed by atoms with Crippen molar-refractivity contribution in [2.24, 2.45) is 0 Å². The molecular weight excluding hydrogens is 684 g/mol. The standard InChI is InChI=1S/C24H16ClI2N3O4/c25-15-6-8-16(9-7-15)28-21(31)13-34-22-19(26)11-14(12-20(22)27)10-18-23(32)29-30(24(18)33)17-4-2-1-3-5-17/h1-12H,13H2,(H,28,31)(H,29,32)/b18-10-. The third-order valence-electron chi connectivity index (χ3n) is 4.71. The molecule has 10 heteroatoms. The fourth-order valence-corrected chi connectivity index (χ4v) is 5.41. The maximum atomic E-state index is 12.8. The molecule has 3 aromatic rings. The Morgan fingerprint density at radius 1 is 1.03 bits per heavy atom. The first-order valence-electron chi connectivity index (χ1n) is 9.91. The van der Waals surface area contributed by atoms with E-state index in [1.165, 1.54) is 5.01 Å². The van der Waals surface area contributed by atoms with Crippen LogP contribution in [0.4, 0.5) is 11.4 Å². The van der Waals surface area contributed by atoms with E-state index in [1.807, 2.05) is 6.07 Å². The predicted molar refractivity (Wildman–Crippen MR) is 148 cm³/mol. The highest BCUT2D eigenvalue weighted by atomic mass is 127. The number of nitrogens with one attached hydrogen (secondary N) is 2. The summed E-state index contributed by atoms with van der Waals surface area (Å²) in [6, 6.07) is 19.2. The minimum Gasteiger partial charge on any atom is -0.482 e. The summed E-state index contributed by atoms with van der Waals surface area (Å²) >= 11 is 10.0. The Hall–Kier alpha value is -2.64. The number of benzene rings is 3. The molecule has 0 radical (unpaired) electrons. The summed E-state index contributed by atoms with van der Waals surface area (Å²) in [5.41, 5.74) is 4.48. The predicted octanol–water partition coefficient (Wildman–Crippen LogP) is 5.03. The van der Waals surface area contributed by atoms with E-state index in [1.54, 1.807) is 66.7 Å². The maximum absolute atomic E-state index is 12.8. The van der Waals surface area contributed by atoms with Crippen molar-refractivity contribution in [3.63, 3.8) is 0 Å². The van der Waals surface area contributed by atoms with Gasteiger partial charge < -0.3 is 10.1 Å². The van der Waals surface area contributed by atoms with Crippen molar-refractivity contribution >= 4 is 92.0 Å². The van der Waals surface area contributed by atoms with E-state index >= 15 is 0 Å². The molecular formula is C24H16ClI2N3O4. The first-order chi connectivity index (χ1) is 16.3. The van der Waals surface area contributed by atoms with Crippen LogP contribution in [0.25, 0.3) is 6.08 Å². The van der Waals surface area contributed by atoms with Crippen LogP contribution < -0.4 is 20.5 Å². The zero-order valence-corrected chi connectivity index (χ0v) is 22.4. The van der Waals surface area contributed by atoms with Crippen LogP contribution in [0, 0.1) is 7.14 Å². The van der Waals surface area contributed by atoms with Crippen LogP contribution in [0.1, 0.15) is 5.56 Å². The van der Waals surface area contributed by atoms with E-state index in [4.69, 9.17) is 16.3 Å². The van der Waals surface area contributed by atoms with Gasteiger partial charge in [0.2, 0.25) is 0 Å². The van der Waals surface area contributed by atoms with Gasteiger partial charge in [0.05, 0.1) is 12.8 Å². The van der Waals surface area contributed by atoms with Gasteiger partial charge in [-0.2, -0.15) is 0 Å². The Labute approximate surface area is 227 Å². The largest absolute Gasteiger partial charge is 0.482 e. The van der Waals surface area contributed by atoms with E-state index in [0.29, 0.717) is 27.7 Å². The molecule has 172 valence electrons. The van der Waals surface area contributed by atoms with Crippen LogP contribution in [-0.2, 0) is 14.4 Å². The monoisotopic (exact) mass is 699 g/mol. The number of para-hydroxylation sites is 1. The van der Waals surface area contributed by atoms with Crippen LogP contribution in [0.15, 0.2) is 72.3 Å². The molecule has 0 spiro atoms. The number of anilines is 2. The Morgan fingerprint density at radius 2 is 1.68 bits per heavy atom. The molecule has 0 saturated carbocycles. The molecule has 4 rings (SSSR count). The van der Waals surface area contributed by atoms with E-state index in [0.717, 1.165) is 7.14 Å². The molecule has 0 aliphatic carbocycles. The summed E-state index contributed by atoms with van der Waals surface area (Å²) in [7, 11) is 0. The van der Waals surface area contributed by atoms with Gasteiger partial charge in [-0.1, -0.05) is 29.8 Å². The van der Waals surface area contributed by atoms with Gasteiger partial charge in [-0.25, -0.2) is 5.01 Å². The normalized spacial score (nSPS) is 14.3. The van der Waals surface area contributed by atoms with E-state index < -0.39 is 11.8 Å². The first kappa shape index (κ1) is 24.5. The summed E-state index contributed by atoms with van der Waals surface area (Å²) in [6.07, 6.45) is 1.54. The second-order valence-electron chi connectivity index (χ2n) is 7.13. The lowest BCUT2D eigenvalue weighted by Gasteiger charge is -2.14. The summed E-state index contributed by atoms with van der Waals surface area (Å²) in [4.78, 5) is 37.5. The van der Waals surface area contributed by atoms with Gasteiger partial charge in [-0.15, -0.1) is 0 Å². The van der Waals surface area contributed by atoms with Gasteiger partial charge in [0.1, 0.15) is 11.3 Å². The Morgan fingerprint density at radius 3 is 2.32 bits per heavy atom. The lowest BCUT2D eigenvalue weighted by molar-refractivity contribution is -0.118. The first-order valence-corrected chi connectivity index (χ1v) is 12.4. The summed E-state index contributed by atoms with van der Waals surface area (Å²) in [5, 5.41) is 4.55. The molecule has 0 aromatic heterocycles. The third-order valence-corrected chi connectivity index (χ3v) is 6.57. The van der Waals surface area contributed by atoms with Crippen LogP contribution in [-0.4, -0.2) is 24.3 Å². The number of hydrazine groups is 1. The molecule has 1 saturated heterocycles. The van der Waals surface area contributed by atoms with Crippen LogP contribution in [0.3, 0.4) is 0 Å². The fraction of sp³-hybridized carbons (Fsp3) is 0.0417. The quantitative estimate of drug-likeness (QED) is 0.215. The summed E-state index contributed by atoms with van der Waals surface area (Å²) in [6.45, 7) is -0.179. The molecule has 0 bridgehead atoms. The zero-order chi connectivity index (χ0) is 24.2. The van der Waals surface area contributed by atoms with Gasteiger partial charge in [0, 0.05) is 10.7 Å². The Balaban J connectivity index is 1.46. The number of carbonyl (C=O) groups is 3. The molecule has 3 aromatic carbocycles. The number of carbonyl (C=O) groups excluding carboxylic acids is 3. The Bertz CT molecular complexity index is 1270. The number of rotatable bonds is 6. The average Bonchev–Trinajstić information content (AvgIpc) is 3.09. The number of hydrogen-bond donors (Lipinski definition) is 2. The topological polar surface area (TPSA) is 87.7 Å². The molecule has 7 nitrogen and oxygen atoms in total. The van der Waals surface area contributed by atoms with Crippen molar-refractivity contribution in [2.45, 2.75) is 0 Å². The smallest absolute Gasteiger partial charge is 0.282 e. The van der Waals surface area contributed by atoms with Gasteiger partial charge in [0.25, 0.3) is 17.7 Å². The second-order valence-corrected chi connectivity index (χ2v) is 9.89. The molecule has 3 amide bonds. The van der Waals surface area contributed by atoms with Crippen molar-refractivity contribution < 1.29 is 19.1 Å². The lowest BCUT2D eigenvalue weighted by atomic mass is 10.1. The molecule has 1 aliphatic heterocycles. The zero-order valence-electron chi connectivity index (χ0n) is 17.3. The van der Waals surface area contributed by atoms with Crippen molar-refractivity contribution in [1.82, 2.24) is 5.43 Å². The van der Waals surface area contributed by atoms with Crippen LogP contribution >= 0.6 is 56.8 Å². The van der Waals surface area contributed by atoms with Crippen molar-refractivity contribution in [2.75, 3.05) is 16.9 Å². The van der Waals surface area contributed by atoms with Gasteiger partial charge in [-0.3, -0.25) is 19.8 Å². The van der Waals surface area contributed by atoms with Gasteiger partial charge >= 0.3 is 0 Å². The van der Waals surface area contributed by atoms with Crippen LogP contribution in [0.5, 0.6) is 5.75 Å². The maximum Gasteiger partial charge on any atom is 0.282 e. The summed E-state index contributed by atoms with van der Waals surface area (Å²) in [5.74, 6) is -0.671. The molecule has 0 atom stereocenters. The number of halogens is 3. The molecule has 1 heterocycles. The Kier molecular flexibility index (Phi) is 7.73. The third kappa shape index (κ3) is 5.70. The highest BCUT2D eigenvalue weighted by Gasteiger charge is 2.34. The highest BCUT2D eigenvalue weighted by Crippen LogP contribution is 2.31. The number of amides is 3. The number of ether oxygens (including phenoxy) is 1. The summed E-state index contributed by atoms with van der Waals surface area (Å²) < 4.78 is 7.21. The molecule has 0 unspecified atom stereocenters. The molecule has 34 heavy (non-hydrogen) atoms. The van der Waals surface area contributed by atoms with E-state index in [9.17, 15) is 14.4 Å². The molecule has 1 fully saturated rings. The van der Waals surface area contributed by atoms with Gasteiger partial charge in [0.15, 0.2) is 6.61 Å². The molecule has 1 aliphatic rings. The van der Waals surface area contributed by atoms with Crippen LogP contribution in [0.2, 0.25) is 5.02 Å². The van der Waals surface area contributed by atoms with Gasteiger partial charge in [-0.05, 0) is 105 Å². The lowest BCUT2D eigenvalue weighted by Crippen LogP contribution is -2.35. The minimum atomic E-state index is -0.474. The van der Waals surface area contributed by atoms with Crippen molar-refractivity contribution in [1.29, 1.82) is 0 Å². The van der Waals surface area contributed by atoms with Crippen molar-refractivity contribution in [3.8, 4) is 5.75 Å². The van der Waals surface area contributed by atoms with Crippen molar-refractivity contribution in [3.05, 3.63) is 90.0 Å². The highest BCUT2D eigenvalue weighted by molar-refractivity contribution is 14.1. The second kappa shape index (κ2) is 10.7. The van der Waals surface area contributed by atoms with E-state index in [-0.39, 0.29) is 18.1 Å².